The minimum absolute atomic E-state index is 0.129. The number of aromatic nitrogens is 3. The van der Waals surface area contributed by atoms with Gasteiger partial charge < -0.3 is 9.67 Å². The molecular formula is C29H40N5O2+. The second-order valence-corrected chi connectivity index (χ2v) is 11.8. The second-order valence-electron chi connectivity index (χ2n) is 11.8. The second kappa shape index (κ2) is 9.60. The van der Waals surface area contributed by atoms with E-state index in [1.165, 1.54) is 17.7 Å². The van der Waals surface area contributed by atoms with Gasteiger partial charge in [0.05, 0.1) is 42.4 Å². The van der Waals surface area contributed by atoms with Gasteiger partial charge in [0.2, 0.25) is 0 Å². The number of nitrogens with zero attached hydrogens (tertiary/aromatic N) is 5. The van der Waals surface area contributed by atoms with E-state index in [1.54, 1.807) is 0 Å². The number of aryl methyl sites for hydroxylation is 1. The summed E-state index contributed by atoms with van der Waals surface area (Å²) in [6.07, 6.45) is 6.57. The number of benzene rings is 1. The van der Waals surface area contributed by atoms with Crippen LogP contribution in [0.2, 0.25) is 0 Å². The molecule has 3 heterocycles. The third-order valence-corrected chi connectivity index (χ3v) is 8.64. The Morgan fingerprint density at radius 3 is 2.75 bits per heavy atom. The molecule has 7 heteroatoms. The van der Waals surface area contributed by atoms with Crippen molar-refractivity contribution in [1.82, 2.24) is 19.4 Å². The number of fused-ring (bicyclic) bond motifs is 2. The lowest BCUT2D eigenvalue weighted by Crippen LogP contribution is -2.67. The van der Waals surface area contributed by atoms with Gasteiger partial charge in [-0.1, -0.05) is 18.2 Å². The van der Waals surface area contributed by atoms with Gasteiger partial charge in [-0.2, -0.15) is 4.79 Å². The van der Waals surface area contributed by atoms with Crippen molar-refractivity contribution in [2.45, 2.75) is 77.5 Å². The van der Waals surface area contributed by atoms with E-state index in [0.717, 1.165) is 55.6 Å². The van der Waals surface area contributed by atoms with Gasteiger partial charge in [0, 0.05) is 18.7 Å². The van der Waals surface area contributed by atoms with E-state index in [2.05, 4.69) is 61.6 Å². The number of rotatable bonds is 5. The Hall–Kier alpha value is -2.77. The number of pyridine rings is 1. The molecule has 1 aliphatic heterocycles. The Morgan fingerprint density at radius 2 is 1.97 bits per heavy atom. The van der Waals surface area contributed by atoms with Gasteiger partial charge in [-0.25, -0.2) is 9.47 Å². The predicted octanol–water partition coefficient (Wildman–Crippen LogP) is 5.64. The normalized spacial score (nSPS) is 24.7. The van der Waals surface area contributed by atoms with Crippen molar-refractivity contribution in [3.63, 3.8) is 0 Å². The minimum atomic E-state index is -0.703. The smallest absolute Gasteiger partial charge is 0.435 e. The Balaban J connectivity index is 1.44. The summed E-state index contributed by atoms with van der Waals surface area (Å²) in [5, 5.41) is 10.3. The lowest BCUT2D eigenvalue weighted by molar-refractivity contribution is -0.911. The van der Waals surface area contributed by atoms with Gasteiger partial charge >= 0.3 is 6.09 Å². The van der Waals surface area contributed by atoms with Crippen LogP contribution in [0, 0.1) is 5.92 Å². The fraction of sp³-hybridized carbons (Fsp3) is 0.552. The highest BCUT2D eigenvalue weighted by atomic mass is 16.4. The van der Waals surface area contributed by atoms with Crippen molar-refractivity contribution < 1.29 is 14.4 Å². The molecule has 1 N–H and O–H groups in total. The van der Waals surface area contributed by atoms with Crippen LogP contribution in [0.4, 0.5) is 4.79 Å². The average molecular weight is 491 g/mol. The number of para-hydroxylation sites is 2. The van der Waals surface area contributed by atoms with Crippen molar-refractivity contribution in [3.8, 4) is 0 Å². The first-order chi connectivity index (χ1) is 17.2. The Morgan fingerprint density at radius 1 is 1.17 bits per heavy atom. The van der Waals surface area contributed by atoms with Crippen molar-refractivity contribution in [1.29, 1.82) is 0 Å². The molecule has 1 fully saturated rings. The number of hydrogen-bond donors (Lipinski definition) is 1. The summed E-state index contributed by atoms with van der Waals surface area (Å²) in [6, 6.07) is 12.9. The van der Waals surface area contributed by atoms with Crippen molar-refractivity contribution in [3.05, 3.63) is 59.7 Å². The zero-order valence-electron chi connectivity index (χ0n) is 22.2. The molecule has 0 bridgehead atoms. The molecule has 36 heavy (non-hydrogen) atoms. The van der Waals surface area contributed by atoms with E-state index < -0.39 is 6.09 Å². The molecule has 1 aliphatic carbocycles. The number of carbonyl (C=O) groups is 1. The van der Waals surface area contributed by atoms with E-state index >= 15 is 0 Å². The number of amides is 1. The molecule has 1 aromatic carbocycles. The largest absolute Gasteiger partial charge is 0.513 e. The average Bonchev–Trinajstić information content (AvgIpc) is 3.19. The third kappa shape index (κ3) is 4.43. The molecule has 2 aromatic heterocycles. The molecule has 3 atom stereocenters. The molecule has 192 valence electrons. The molecule has 2 aliphatic rings. The van der Waals surface area contributed by atoms with E-state index in [1.807, 2.05) is 18.3 Å². The van der Waals surface area contributed by atoms with Crippen LogP contribution in [-0.4, -0.2) is 60.8 Å². The van der Waals surface area contributed by atoms with Crippen molar-refractivity contribution in [2.75, 3.05) is 20.1 Å². The van der Waals surface area contributed by atoms with E-state index in [4.69, 9.17) is 9.97 Å². The maximum Gasteiger partial charge on any atom is 0.513 e. The summed E-state index contributed by atoms with van der Waals surface area (Å²) in [4.78, 5) is 24.7. The third-order valence-electron chi connectivity index (χ3n) is 8.64. The number of carboxylic acid groups (broad SMARTS) is 1. The first-order valence-electron chi connectivity index (χ1n) is 13.4. The van der Waals surface area contributed by atoms with Crippen LogP contribution in [0.25, 0.3) is 11.0 Å². The molecule has 0 radical (unpaired) electrons. The van der Waals surface area contributed by atoms with E-state index in [9.17, 15) is 9.90 Å². The topological polar surface area (TPSA) is 71.2 Å². The number of quaternary nitrogens is 1. The fourth-order valence-corrected chi connectivity index (χ4v) is 6.55. The lowest BCUT2D eigenvalue weighted by atomic mass is 9.89. The van der Waals surface area contributed by atoms with Crippen LogP contribution in [0.3, 0.4) is 0 Å². The molecule has 0 saturated carbocycles. The Kier molecular flexibility index (Phi) is 6.64. The molecule has 5 rings (SSSR count). The first kappa shape index (κ1) is 24.9. The van der Waals surface area contributed by atoms with Gasteiger partial charge in [0.1, 0.15) is 11.4 Å². The summed E-state index contributed by atoms with van der Waals surface area (Å²) in [5.41, 5.74) is 4.37. The fourth-order valence-electron chi connectivity index (χ4n) is 6.55. The maximum absolute atomic E-state index is 12.5. The van der Waals surface area contributed by atoms with Crippen LogP contribution in [0.1, 0.15) is 69.6 Å². The SMILES string of the molecule is CN(Cc1nc2ccccc2n1C[C@H]1CCC[N+](C(=O)O)(C(C)(C)C)C1)[C@H]1CCCc2cccnc21. The van der Waals surface area contributed by atoms with Crippen LogP contribution >= 0.6 is 0 Å². The van der Waals surface area contributed by atoms with Gasteiger partial charge in [0.25, 0.3) is 0 Å². The first-order valence-corrected chi connectivity index (χ1v) is 13.4. The summed E-state index contributed by atoms with van der Waals surface area (Å²) < 4.78 is 2.49. The van der Waals surface area contributed by atoms with Crippen molar-refractivity contribution >= 4 is 17.1 Å². The van der Waals surface area contributed by atoms with Crippen LogP contribution in [0.15, 0.2) is 42.6 Å². The molecule has 1 unspecified atom stereocenters. The number of piperidine rings is 1. The molecular weight excluding hydrogens is 450 g/mol. The summed E-state index contributed by atoms with van der Waals surface area (Å²) >= 11 is 0. The molecule has 7 nitrogen and oxygen atoms in total. The number of likely N-dealkylation sites (tertiary alicyclic amines) is 1. The zero-order chi connectivity index (χ0) is 25.5. The van der Waals surface area contributed by atoms with Gasteiger partial charge in [0.15, 0.2) is 0 Å². The number of imidazole rings is 1. The highest BCUT2D eigenvalue weighted by molar-refractivity contribution is 5.75. The molecule has 3 aromatic rings. The minimum Gasteiger partial charge on any atom is -0.435 e. The summed E-state index contributed by atoms with van der Waals surface area (Å²) in [5.74, 6) is 1.34. The van der Waals surface area contributed by atoms with Gasteiger partial charge in [-0.05, 0) is 83.7 Å². The summed E-state index contributed by atoms with van der Waals surface area (Å²) in [7, 11) is 2.19. The molecule has 1 amide bonds. The van der Waals surface area contributed by atoms with E-state index in [0.29, 0.717) is 13.1 Å². The lowest BCUT2D eigenvalue weighted by Gasteiger charge is -2.48. The van der Waals surface area contributed by atoms with Gasteiger partial charge in [-0.15, -0.1) is 0 Å². The molecule has 0 spiro atoms. The van der Waals surface area contributed by atoms with Crippen molar-refractivity contribution in [2.24, 2.45) is 5.92 Å². The van der Waals surface area contributed by atoms with Gasteiger partial charge in [-0.3, -0.25) is 9.88 Å². The maximum atomic E-state index is 12.5. The van der Waals surface area contributed by atoms with Crippen LogP contribution < -0.4 is 0 Å². The zero-order valence-corrected chi connectivity index (χ0v) is 22.2. The molecule has 1 saturated heterocycles. The van der Waals surface area contributed by atoms with Crippen LogP contribution in [-0.2, 0) is 19.5 Å². The standard InChI is InChI=1S/C29H39N5O2/c1-29(2,3)34(28(35)36)17-9-10-21(20-34)18-33-24-14-6-5-13-23(24)31-26(33)19-32(4)25-15-7-11-22-12-8-16-30-27(22)25/h5-6,8,12-14,16,21,25H,7,9-11,15,17-20H2,1-4H3/p+1/t21-,25+,34?/m1/s1. The predicted molar refractivity (Wildman–Crippen MR) is 142 cm³/mol. The van der Waals surface area contributed by atoms with Crippen LogP contribution in [0.5, 0.6) is 0 Å². The Bertz CT molecular complexity index is 1250. The highest BCUT2D eigenvalue weighted by Gasteiger charge is 2.50. The highest BCUT2D eigenvalue weighted by Crippen LogP contribution is 2.36. The van der Waals surface area contributed by atoms with E-state index in [-0.39, 0.29) is 22.0 Å². The Labute approximate surface area is 214 Å². The monoisotopic (exact) mass is 490 g/mol. The summed E-state index contributed by atoms with van der Waals surface area (Å²) in [6.45, 7) is 9.07. The number of hydrogen-bond acceptors (Lipinski definition) is 4. The quantitative estimate of drug-likeness (QED) is 0.469.